The number of carboxylic acids is 1. The fraction of sp³-hybridized carbons (Fsp3) is 0.190. The van der Waals surface area contributed by atoms with Gasteiger partial charge >= 0.3 is 5.97 Å². The maximum absolute atomic E-state index is 13.3. The molecule has 2 aromatic carbocycles. The maximum Gasteiger partial charge on any atom is 0.339 e. The summed E-state index contributed by atoms with van der Waals surface area (Å²) in [6.45, 7) is 2.38. The number of H-pyrrole nitrogens is 1. The van der Waals surface area contributed by atoms with Gasteiger partial charge in [0.25, 0.3) is 5.91 Å². The summed E-state index contributed by atoms with van der Waals surface area (Å²) in [6.07, 6.45) is 0.616. The minimum absolute atomic E-state index is 0.0185. The Balaban J connectivity index is 1.77. The number of aromatic amines is 1. The fourth-order valence-electron chi connectivity index (χ4n) is 3.57. The van der Waals surface area contributed by atoms with Gasteiger partial charge in [-0.3, -0.25) is 4.79 Å². The zero-order valence-corrected chi connectivity index (χ0v) is 15.5. The number of benzene rings is 2. The van der Waals surface area contributed by atoms with Gasteiger partial charge in [-0.2, -0.15) is 0 Å². The van der Waals surface area contributed by atoms with Gasteiger partial charge in [-0.1, -0.05) is 18.2 Å². The number of hydrogen-bond donors (Lipinski definition) is 2. The van der Waals surface area contributed by atoms with Crippen LogP contribution in [0.2, 0.25) is 0 Å². The number of carboxylic acid groups (broad SMARTS) is 1. The van der Waals surface area contributed by atoms with Gasteiger partial charge in [-0.05, 0) is 31.2 Å². The van der Waals surface area contributed by atoms with Crippen molar-refractivity contribution >= 4 is 17.6 Å². The van der Waals surface area contributed by atoms with Gasteiger partial charge in [0, 0.05) is 24.1 Å². The smallest absolute Gasteiger partial charge is 0.339 e. The van der Waals surface area contributed by atoms with E-state index >= 15 is 0 Å². The molecule has 4 rings (SSSR count). The number of nitrogens with one attached hydrogen (secondary N) is 1. The summed E-state index contributed by atoms with van der Waals surface area (Å²) >= 11 is 0. The standard InChI is InChI=1S/C21H19N3O4/c1-12-22-16-9-10-24(17-6-4-3-5-14(17)19(16)23-12)20(25)13-7-8-15(21(26)27)18(11-13)28-2/h3-8,11H,9-10H2,1-2H3,(H,22,23)(H,26,27). The number of para-hydroxylation sites is 1. The van der Waals surface area contributed by atoms with E-state index in [2.05, 4.69) is 9.97 Å². The average Bonchev–Trinajstić information content (AvgIpc) is 3.01. The second-order valence-electron chi connectivity index (χ2n) is 6.59. The van der Waals surface area contributed by atoms with E-state index in [0.717, 1.165) is 28.5 Å². The number of nitrogens with zero attached hydrogens (tertiary/aromatic N) is 2. The molecule has 7 heteroatoms. The minimum atomic E-state index is -1.10. The molecule has 1 aliphatic rings. The summed E-state index contributed by atoms with van der Waals surface area (Å²) in [5.74, 6) is -0.321. The van der Waals surface area contributed by atoms with Crippen molar-refractivity contribution in [3.05, 3.63) is 65.1 Å². The summed E-state index contributed by atoms with van der Waals surface area (Å²) in [5.41, 5.74) is 3.95. The molecule has 0 bridgehead atoms. The van der Waals surface area contributed by atoms with Crippen LogP contribution < -0.4 is 9.64 Å². The molecule has 0 saturated carbocycles. The summed E-state index contributed by atoms with van der Waals surface area (Å²) in [5, 5.41) is 9.26. The molecule has 0 fully saturated rings. The molecule has 0 atom stereocenters. The minimum Gasteiger partial charge on any atom is -0.496 e. The highest BCUT2D eigenvalue weighted by Crippen LogP contribution is 2.36. The van der Waals surface area contributed by atoms with E-state index in [1.54, 1.807) is 4.90 Å². The molecule has 0 spiro atoms. The van der Waals surface area contributed by atoms with Gasteiger partial charge in [-0.15, -0.1) is 0 Å². The SMILES string of the molecule is COc1cc(C(=O)N2CCc3nc(C)[nH]c3-c3ccccc32)ccc1C(=O)O. The molecule has 0 radical (unpaired) electrons. The molecule has 142 valence electrons. The van der Waals surface area contributed by atoms with Crippen molar-refractivity contribution in [2.45, 2.75) is 13.3 Å². The zero-order chi connectivity index (χ0) is 19.8. The molecule has 1 amide bonds. The predicted molar refractivity (Wildman–Crippen MR) is 104 cm³/mol. The van der Waals surface area contributed by atoms with Crippen molar-refractivity contribution in [1.82, 2.24) is 9.97 Å². The van der Waals surface area contributed by atoms with Crippen LogP contribution in [0.1, 0.15) is 32.2 Å². The number of rotatable bonds is 3. The van der Waals surface area contributed by atoms with E-state index in [4.69, 9.17) is 4.74 Å². The summed E-state index contributed by atoms with van der Waals surface area (Å²) < 4.78 is 5.16. The summed E-state index contributed by atoms with van der Waals surface area (Å²) in [4.78, 5) is 34.2. The molecule has 28 heavy (non-hydrogen) atoms. The van der Waals surface area contributed by atoms with Gasteiger partial charge in [-0.25, -0.2) is 9.78 Å². The molecule has 0 unspecified atom stereocenters. The van der Waals surface area contributed by atoms with E-state index in [1.165, 1.54) is 25.3 Å². The first-order valence-corrected chi connectivity index (χ1v) is 8.87. The number of carbonyl (C=O) groups excluding carboxylic acids is 1. The fourth-order valence-corrected chi connectivity index (χ4v) is 3.57. The lowest BCUT2D eigenvalue weighted by molar-refractivity contribution is 0.0692. The van der Waals surface area contributed by atoms with Crippen LogP contribution in [0.5, 0.6) is 5.75 Å². The number of fused-ring (bicyclic) bond motifs is 3. The number of carbonyl (C=O) groups is 2. The lowest BCUT2D eigenvalue weighted by atomic mass is 10.1. The number of anilines is 1. The lowest BCUT2D eigenvalue weighted by Gasteiger charge is -2.23. The van der Waals surface area contributed by atoms with Crippen LogP contribution in [-0.4, -0.2) is 40.6 Å². The largest absolute Gasteiger partial charge is 0.496 e. The van der Waals surface area contributed by atoms with Gasteiger partial charge in [0.1, 0.15) is 17.1 Å². The molecule has 0 saturated heterocycles. The number of aromatic nitrogens is 2. The Morgan fingerprint density at radius 3 is 2.75 bits per heavy atom. The predicted octanol–water partition coefficient (Wildman–Crippen LogP) is 3.29. The highest BCUT2D eigenvalue weighted by atomic mass is 16.5. The number of hydrogen-bond acceptors (Lipinski definition) is 4. The highest BCUT2D eigenvalue weighted by Gasteiger charge is 2.27. The van der Waals surface area contributed by atoms with Gasteiger partial charge in [0.05, 0.1) is 24.2 Å². The van der Waals surface area contributed by atoms with E-state index < -0.39 is 5.97 Å². The Morgan fingerprint density at radius 2 is 2.00 bits per heavy atom. The van der Waals surface area contributed by atoms with E-state index in [9.17, 15) is 14.7 Å². The third-order valence-corrected chi connectivity index (χ3v) is 4.86. The molecule has 1 aromatic heterocycles. The number of amides is 1. The molecule has 1 aliphatic heterocycles. The second kappa shape index (κ2) is 6.84. The van der Waals surface area contributed by atoms with Crippen LogP contribution in [0.25, 0.3) is 11.3 Å². The topological polar surface area (TPSA) is 95.5 Å². The van der Waals surface area contributed by atoms with Crippen molar-refractivity contribution in [2.75, 3.05) is 18.6 Å². The lowest BCUT2D eigenvalue weighted by Crippen LogP contribution is -2.32. The molecule has 2 heterocycles. The number of ether oxygens (including phenoxy) is 1. The number of aromatic carboxylic acids is 1. The molecule has 2 N–H and O–H groups in total. The van der Waals surface area contributed by atoms with Gasteiger partial charge < -0.3 is 19.7 Å². The first-order valence-electron chi connectivity index (χ1n) is 8.87. The van der Waals surface area contributed by atoms with Crippen LogP contribution in [0.3, 0.4) is 0 Å². The highest BCUT2D eigenvalue weighted by molar-refractivity contribution is 6.09. The Morgan fingerprint density at radius 1 is 1.21 bits per heavy atom. The zero-order valence-electron chi connectivity index (χ0n) is 15.5. The van der Waals surface area contributed by atoms with Crippen molar-refractivity contribution in [1.29, 1.82) is 0 Å². The molecule has 3 aromatic rings. The monoisotopic (exact) mass is 377 g/mol. The summed E-state index contributed by atoms with van der Waals surface area (Å²) in [7, 11) is 1.39. The van der Waals surface area contributed by atoms with E-state index in [0.29, 0.717) is 18.5 Å². The van der Waals surface area contributed by atoms with Crippen LogP contribution in [-0.2, 0) is 6.42 Å². The average molecular weight is 377 g/mol. The van der Waals surface area contributed by atoms with Crippen LogP contribution in [0, 0.1) is 6.92 Å². The molecular weight excluding hydrogens is 358 g/mol. The van der Waals surface area contributed by atoms with Crippen molar-refractivity contribution in [3.8, 4) is 17.0 Å². The van der Waals surface area contributed by atoms with Crippen LogP contribution >= 0.6 is 0 Å². The Labute approximate surface area is 161 Å². The third kappa shape index (κ3) is 2.90. The Kier molecular flexibility index (Phi) is 4.35. The number of aryl methyl sites for hydroxylation is 1. The van der Waals surface area contributed by atoms with Gasteiger partial charge in [0.2, 0.25) is 0 Å². The second-order valence-corrected chi connectivity index (χ2v) is 6.59. The van der Waals surface area contributed by atoms with Crippen LogP contribution in [0.4, 0.5) is 5.69 Å². The molecule has 7 nitrogen and oxygen atoms in total. The van der Waals surface area contributed by atoms with Gasteiger partial charge in [0.15, 0.2) is 0 Å². The van der Waals surface area contributed by atoms with Crippen molar-refractivity contribution in [3.63, 3.8) is 0 Å². The summed E-state index contributed by atoms with van der Waals surface area (Å²) in [6, 6.07) is 12.1. The van der Waals surface area contributed by atoms with E-state index in [1.807, 2.05) is 31.2 Å². The van der Waals surface area contributed by atoms with E-state index in [-0.39, 0.29) is 17.2 Å². The Bertz CT molecular complexity index is 1090. The van der Waals surface area contributed by atoms with Crippen molar-refractivity contribution < 1.29 is 19.4 Å². The first-order chi connectivity index (χ1) is 13.5. The number of methoxy groups -OCH3 is 1. The number of imidazole rings is 1. The molecular formula is C21H19N3O4. The van der Waals surface area contributed by atoms with Crippen molar-refractivity contribution in [2.24, 2.45) is 0 Å². The normalized spacial score (nSPS) is 12.7. The first kappa shape index (κ1) is 17.8. The third-order valence-electron chi connectivity index (χ3n) is 4.86. The quantitative estimate of drug-likeness (QED) is 0.730. The maximum atomic E-state index is 13.3. The molecule has 0 aliphatic carbocycles. The Hall–Kier alpha value is -3.61. The van der Waals surface area contributed by atoms with Crippen LogP contribution in [0.15, 0.2) is 42.5 Å².